The van der Waals surface area contributed by atoms with Crippen LogP contribution in [0.4, 0.5) is 4.79 Å². The number of hydrogen-bond acceptors (Lipinski definition) is 5. The predicted octanol–water partition coefficient (Wildman–Crippen LogP) is 4.16. The molecule has 0 radical (unpaired) electrons. The van der Waals surface area contributed by atoms with Crippen molar-refractivity contribution in [2.24, 2.45) is 0 Å². The summed E-state index contributed by atoms with van der Waals surface area (Å²) in [5.41, 5.74) is 3.24. The first-order valence-electron chi connectivity index (χ1n) is 11.6. The monoisotopic (exact) mass is 482 g/mol. The average molecular weight is 483 g/mol. The Kier molecular flexibility index (Phi) is 7.46. The number of carboxylic acids is 1. The number of benzene rings is 2. The molecule has 2 aromatic rings. The Labute approximate surface area is 203 Å². The van der Waals surface area contributed by atoms with Gasteiger partial charge in [0.1, 0.15) is 18.2 Å². The summed E-state index contributed by atoms with van der Waals surface area (Å²) in [6.07, 6.45) is 3.91. The van der Waals surface area contributed by atoms with E-state index in [1.54, 1.807) is 11.8 Å². The van der Waals surface area contributed by atoms with Gasteiger partial charge in [-0.05, 0) is 53.5 Å². The number of aliphatic carboxylic acids is 1. The molecule has 0 aromatic heterocycles. The van der Waals surface area contributed by atoms with Gasteiger partial charge < -0.3 is 20.5 Å². The zero-order valence-corrected chi connectivity index (χ0v) is 20.0. The van der Waals surface area contributed by atoms with Crippen LogP contribution in [0.25, 0.3) is 11.1 Å². The Hall–Kier alpha value is -3.00. The number of alkyl carbamates (subject to hydrolysis) is 1. The Morgan fingerprint density at radius 3 is 2.21 bits per heavy atom. The number of fused-ring (bicyclic) bond motifs is 3. The molecule has 3 N–H and O–H groups in total. The van der Waals surface area contributed by atoms with E-state index in [2.05, 4.69) is 22.8 Å². The molecule has 0 spiro atoms. The van der Waals surface area contributed by atoms with E-state index in [4.69, 9.17) is 4.74 Å². The van der Waals surface area contributed by atoms with Gasteiger partial charge in [0.25, 0.3) is 0 Å². The van der Waals surface area contributed by atoms with Crippen LogP contribution in [0.3, 0.4) is 0 Å². The van der Waals surface area contributed by atoms with Gasteiger partial charge >= 0.3 is 12.1 Å². The van der Waals surface area contributed by atoms with Crippen LogP contribution in [0, 0.1) is 0 Å². The second kappa shape index (κ2) is 10.5. The lowest BCUT2D eigenvalue weighted by Gasteiger charge is -2.28. The van der Waals surface area contributed by atoms with Gasteiger partial charge in [-0.3, -0.25) is 4.79 Å². The van der Waals surface area contributed by atoms with Gasteiger partial charge in [-0.15, -0.1) is 0 Å². The van der Waals surface area contributed by atoms with E-state index in [1.165, 1.54) is 0 Å². The summed E-state index contributed by atoms with van der Waals surface area (Å²) in [6, 6.07) is 15.3. The van der Waals surface area contributed by atoms with Crippen molar-refractivity contribution in [1.82, 2.24) is 10.6 Å². The molecule has 0 saturated heterocycles. The van der Waals surface area contributed by atoms with Crippen molar-refractivity contribution in [2.75, 3.05) is 18.6 Å². The molecule has 180 valence electrons. The van der Waals surface area contributed by atoms with Gasteiger partial charge in [-0.2, -0.15) is 11.8 Å². The lowest BCUT2D eigenvalue weighted by molar-refractivity contribution is -0.147. The normalized spacial score (nSPS) is 16.9. The summed E-state index contributed by atoms with van der Waals surface area (Å²) >= 11 is 1.55. The number of carbonyl (C=O) groups is 3. The number of ether oxygens (including phenoxy) is 1. The lowest BCUT2D eigenvalue weighted by Crippen LogP contribution is -2.58. The Morgan fingerprint density at radius 1 is 1.06 bits per heavy atom. The zero-order chi connectivity index (χ0) is 24.1. The largest absolute Gasteiger partial charge is 0.480 e. The number of thioether (sulfide) groups is 1. The van der Waals surface area contributed by atoms with E-state index in [-0.39, 0.29) is 12.5 Å². The third-order valence-corrected chi connectivity index (χ3v) is 7.44. The van der Waals surface area contributed by atoms with Crippen molar-refractivity contribution in [2.45, 2.75) is 49.6 Å². The van der Waals surface area contributed by atoms with E-state index in [1.807, 2.05) is 42.7 Å². The SMILES string of the molecule is CSCC[C@@H](NC(=O)OCC1c2ccccc2-c2ccccc21)C(=O)NC1(C(=O)O)CCCC1. The number of nitrogens with one attached hydrogen (secondary N) is 2. The van der Waals surface area contributed by atoms with Crippen molar-refractivity contribution >= 4 is 29.7 Å². The first kappa shape index (κ1) is 24.1. The summed E-state index contributed by atoms with van der Waals surface area (Å²) in [6.45, 7) is 0.149. The van der Waals surface area contributed by atoms with Gasteiger partial charge in [-0.25, -0.2) is 9.59 Å². The first-order valence-corrected chi connectivity index (χ1v) is 13.0. The fourth-order valence-electron chi connectivity index (χ4n) is 4.98. The zero-order valence-electron chi connectivity index (χ0n) is 19.2. The highest BCUT2D eigenvalue weighted by Gasteiger charge is 2.43. The molecule has 1 fully saturated rings. The van der Waals surface area contributed by atoms with Crippen molar-refractivity contribution in [3.63, 3.8) is 0 Å². The van der Waals surface area contributed by atoms with Crippen molar-refractivity contribution in [3.8, 4) is 11.1 Å². The minimum atomic E-state index is -1.25. The summed E-state index contributed by atoms with van der Waals surface area (Å²) in [4.78, 5) is 37.5. The number of carboxylic acid groups (broad SMARTS) is 1. The third-order valence-electron chi connectivity index (χ3n) is 6.79. The first-order chi connectivity index (χ1) is 16.4. The molecular weight excluding hydrogens is 452 g/mol. The molecule has 4 rings (SSSR count). The standard InChI is InChI=1S/C26H30N2O5S/c1-34-15-12-22(23(29)28-26(24(30)31)13-6-7-14-26)27-25(32)33-16-21-19-10-4-2-8-17(19)18-9-3-5-11-20(18)21/h2-5,8-11,21-22H,6-7,12-16H2,1H3,(H,27,32)(H,28,29)(H,30,31)/t22-/m1/s1. The molecule has 0 aliphatic heterocycles. The smallest absolute Gasteiger partial charge is 0.407 e. The molecule has 34 heavy (non-hydrogen) atoms. The number of rotatable bonds is 9. The predicted molar refractivity (Wildman–Crippen MR) is 132 cm³/mol. The Morgan fingerprint density at radius 2 is 1.65 bits per heavy atom. The Bertz CT molecular complexity index is 1020. The summed E-state index contributed by atoms with van der Waals surface area (Å²) in [7, 11) is 0. The number of hydrogen-bond donors (Lipinski definition) is 3. The van der Waals surface area contributed by atoms with Crippen LogP contribution in [-0.2, 0) is 14.3 Å². The maximum atomic E-state index is 13.0. The minimum absolute atomic E-state index is 0.0783. The van der Waals surface area contributed by atoms with Crippen LogP contribution in [0.2, 0.25) is 0 Å². The van der Waals surface area contributed by atoms with E-state index >= 15 is 0 Å². The molecule has 1 saturated carbocycles. The van der Waals surface area contributed by atoms with E-state index in [9.17, 15) is 19.5 Å². The second-order valence-electron chi connectivity index (χ2n) is 8.89. The number of carbonyl (C=O) groups excluding carboxylic acids is 2. The minimum Gasteiger partial charge on any atom is -0.480 e. The van der Waals surface area contributed by atoms with Gasteiger partial charge in [0.05, 0.1) is 0 Å². The molecule has 0 heterocycles. The van der Waals surface area contributed by atoms with Crippen LogP contribution in [0.5, 0.6) is 0 Å². The summed E-state index contributed by atoms with van der Waals surface area (Å²) in [5.74, 6) is -0.942. The molecule has 7 nitrogen and oxygen atoms in total. The molecule has 8 heteroatoms. The molecule has 2 aromatic carbocycles. The molecule has 2 aliphatic carbocycles. The average Bonchev–Trinajstić information content (AvgIpc) is 3.44. The molecule has 2 aliphatic rings. The Balaban J connectivity index is 1.42. The van der Waals surface area contributed by atoms with Crippen LogP contribution in [0.15, 0.2) is 48.5 Å². The van der Waals surface area contributed by atoms with Gasteiger partial charge in [0, 0.05) is 5.92 Å². The van der Waals surface area contributed by atoms with Crippen LogP contribution in [0.1, 0.15) is 49.1 Å². The maximum Gasteiger partial charge on any atom is 0.407 e. The fraction of sp³-hybridized carbons (Fsp3) is 0.423. The summed E-state index contributed by atoms with van der Waals surface area (Å²) in [5, 5.41) is 15.1. The van der Waals surface area contributed by atoms with E-state index < -0.39 is 29.6 Å². The third kappa shape index (κ3) is 4.92. The summed E-state index contributed by atoms with van der Waals surface area (Å²) < 4.78 is 5.59. The highest BCUT2D eigenvalue weighted by Crippen LogP contribution is 2.44. The van der Waals surface area contributed by atoms with E-state index in [0.29, 0.717) is 25.0 Å². The second-order valence-corrected chi connectivity index (χ2v) is 9.87. The highest BCUT2D eigenvalue weighted by molar-refractivity contribution is 7.98. The van der Waals surface area contributed by atoms with Crippen molar-refractivity contribution in [1.29, 1.82) is 0 Å². The van der Waals surface area contributed by atoms with Gasteiger partial charge in [0.15, 0.2) is 0 Å². The maximum absolute atomic E-state index is 13.0. The van der Waals surface area contributed by atoms with Crippen molar-refractivity contribution < 1.29 is 24.2 Å². The van der Waals surface area contributed by atoms with E-state index in [0.717, 1.165) is 35.1 Å². The van der Waals surface area contributed by atoms with Crippen LogP contribution in [-0.4, -0.2) is 53.3 Å². The quantitative estimate of drug-likeness (QED) is 0.496. The van der Waals surface area contributed by atoms with Gasteiger partial charge in [-0.1, -0.05) is 61.4 Å². The molecule has 2 amide bonds. The van der Waals surface area contributed by atoms with Gasteiger partial charge in [0.2, 0.25) is 5.91 Å². The van der Waals surface area contributed by atoms with Crippen LogP contribution < -0.4 is 10.6 Å². The van der Waals surface area contributed by atoms with Crippen molar-refractivity contribution in [3.05, 3.63) is 59.7 Å². The highest BCUT2D eigenvalue weighted by atomic mass is 32.2. The molecule has 1 atom stereocenters. The number of amides is 2. The fourth-order valence-corrected chi connectivity index (χ4v) is 5.45. The molecule has 0 unspecified atom stereocenters. The van der Waals surface area contributed by atoms with Crippen LogP contribution >= 0.6 is 11.8 Å². The molecular formula is C26H30N2O5S. The molecule has 0 bridgehead atoms. The topological polar surface area (TPSA) is 105 Å². The lowest BCUT2D eigenvalue weighted by atomic mass is 9.97.